The highest BCUT2D eigenvalue weighted by Gasteiger charge is 2.30. The van der Waals surface area contributed by atoms with Crippen molar-refractivity contribution >= 4 is 0 Å². The van der Waals surface area contributed by atoms with E-state index in [0.29, 0.717) is 0 Å². The minimum Gasteiger partial charge on any atom is -0.490 e. The molecule has 0 radical (unpaired) electrons. The molecule has 154 valence electrons. The van der Waals surface area contributed by atoms with E-state index in [-0.39, 0.29) is 30.0 Å². The van der Waals surface area contributed by atoms with Crippen LogP contribution in [-0.2, 0) is 0 Å². The number of pyridine rings is 2. The van der Waals surface area contributed by atoms with Crippen molar-refractivity contribution in [1.82, 2.24) is 9.97 Å². The van der Waals surface area contributed by atoms with Gasteiger partial charge >= 0.3 is 0 Å². The Kier molecular flexibility index (Phi) is 6.59. The van der Waals surface area contributed by atoms with Gasteiger partial charge in [-0.15, -0.1) is 0 Å². The molecule has 0 aliphatic carbocycles. The molecule has 9 heteroatoms. The lowest BCUT2D eigenvalue weighted by molar-refractivity contribution is 0.115. The fourth-order valence-electron chi connectivity index (χ4n) is 2.88. The monoisotopic (exact) mass is 403 g/mol. The molecule has 0 aliphatic heterocycles. The SMILES string of the molecule is CC(C)(F)C[C@](C)(N)COc1ccc(-c2ccnc(C(F)F)c2)nc1C(F)F. The summed E-state index contributed by atoms with van der Waals surface area (Å²) < 4.78 is 71.7. The number of aromatic nitrogens is 2. The minimum absolute atomic E-state index is 0.0387. The van der Waals surface area contributed by atoms with Crippen molar-refractivity contribution < 1.29 is 26.7 Å². The molecule has 2 heterocycles. The Balaban J connectivity index is 2.27. The van der Waals surface area contributed by atoms with Gasteiger partial charge in [-0.3, -0.25) is 4.98 Å². The highest BCUT2D eigenvalue weighted by Crippen LogP contribution is 2.32. The van der Waals surface area contributed by atoms with Crippen molar-refractivity contribution in [3.05, 3.63) is 41.9 Å². The summed E-state index contributed by atoms with van der Waals surface area (Å²) in [6.45, 7) is 4.08. The number of halogens is 5. The number of hydrogen-bond donors (Lipinski definition) is 1. The van der Waals surface area contributed by atoms with Gasteiger partial charge in [0.25, 0.3) is 12.9 Å². The first-order chi connectivity index (χ1) is 12.9. The van der Waals surface area contributed by atoms with Crippen molar-refractivity contribution in [1.29, 1.82) is 0 Å². The predicted octanol–water partition coefficient (Wildman–Crippen LogP) is 5.25. The van der Waals surface area contributed by atoms with E-state index in [1.165, 1.54) is 32.0 Å². The molecular formula is C19H22F5N3O. The molecular weight excluding hydrogens is 381 g/mol. The van der Waals surface area contributed by atoms with Crippen LogP contribution < -0.4 is 10.5 Å². The molecule has 28 heavy (non-hydrogen) atoms. The Morgan fingerprint density at radius 2 is 1.75 bits per heavy atom. The van der Waals surface area contributed by atoms with Gasteiger partial charge < -0.3 is 10.5 Å². The van der Waals surface area contributed by atoms with Crippen molar-refractivity contribution in [2.45, 2.75) is 51.3 Å². The zero-order chi connectivity index (χ0) is 21.1. The van der Waals surface area contributed by atoms with Gasteiger partial charge in [0.05, 0.1) is 11.2 Å². The third-order valence-electron chi connectivity index (χ3n) is 3.77. The molecule has 0 saturated carbocycles. The van der Waals surface area contributed by atoms with Gasteiger partial charge in [-0.05, 0) is 45.0 Å². The maximum absolute atomic E-state index is 13.8. The van der Waals surface area contributed by atoms with Crippen LogP contribution in [0.4, 0.5) is 22.0 Å². The third-order valence-corrected chi connectivity index (χ3v) is 3.77. The number of rotatable bonds is 8. The molecule has 0 aromatic carbocycles. The lowest BCUT2D eigenvalue weighted by Gasteiger charge is -2.30. The summed E-state index contributed by atoms with van der Waals surface area (Å²) in [5, 5.41) is 0. The van der Waals surface area contributed by atoms with E-state index in [4.69, 9.17) is 10.5 Å². The Labute approximate surface area is 159 Å². The topological polar surface area (TPSA) is 61.0 Å². The molecule has 0 aliphatic rings. The van der Waals surface area contributed by atoms with Gasteiger partial charge in [-0.2, -0.15) is 0 Å². The minimum atomic E-state index is -2.96. The zero-order valence-electron chi connectivity index (χ0n) is 15.7. The number of nitrogens with two attached hydrogens (primary N) is 1. The summed E-state index contributed by atoms with van der Waals surface area (Å²) in [4.78, 5) is 7.39. The van der Waals surface area contributed by atoms with E-state index in [0.717, 1.165) is 12.3 Å². The summed E-state index contributed by atoms with van der Waals surface area (Å²) >= 11 is 0. The summed E-state index contributed by atoms with van der Waals surface area (Å²) in [5.41, 5.74) is 2.52. The summed E-state index contributed by atoms with van der Waals surface area (Å²) in [6, 6.07) is 5.12. The first-order valence-corrected chi connectivity index (χ1v) is 8.52. The number of nitrogens with zero attached hydrogens (tertiary/aromatic N) is 2. The first kappa shape index (κ1) is 22.0. The Hall–Kier alpha value is -2.29. The molecule has 2 aromatic heterocycles. The molecule has 2 N–H and O–H groups in total. The lowest BCUT2D eigenvalue weighted by atomic mass is 9.91. The molecule has 0 saturated heterocycles. The fraction of sp³-hybridized carbons (Fsp3) is 0.474. The quantitative estimate of drug-likeness (QED) is 0.612. The molecule has 0 unspecified atom stereocenters. The smallest absolute Gasteiger partial charge is 0.284 e. The maximum atomic E-state index is 13.8. The standard InChI is InChI=1S/C19H22F5N3O/c1-18(2,24)9-19(3,25)10-28-14-5-4-12(27-15(14)17(22)23)11-6-7-26-13(8-11)16(20)21/h4-8,16-17H,9-10,25H2,1-3H3/t19-/m0/s1. The van der Waals surface area contributed by atoms with Crippen molar-refractivity contribution in [3.63, 3.8) is 0 Å². The number of alkyl halides is 5. The van der Waals surface area contributed by atoms with Crippen molar-refractivity contribution in [2.24, 2.45) is 5.73 Å². The van der Waals surface area contributed by atoms with Gasteiger partial charge in [0.1, 0.15) is 29.4 Å². The number of hydrogen-bond acceptors (Lipinski definition) is 4. The molecule has 2 aromatic rings. The largest absolute Gasteiger partial charge is 0.490 e. The normalized spacial score (nSPS) is 14.4. The van der Waals surface area contributed by atoms with Gasteiger partial charge in [0.15, 0.2) is 0 Å². The van der Waals surface area contributed by atoms with Crippen molar-refractivity contribution in [2.75, 3.05) is 6.61 Å². The average molecular weight is 403 g/mol. The van der Waals surface area contributed by atoms with Gasteiger partial charge in [0, 0.05) is 18.2 Å². The van der Waals surface area contributed by atoms with Crippen LogP contribution in [0.3, 0.4) is 0 Å². The Bertz CT molecular complexity index is 806. The van der Waals surface area contributed by atoms with Crippen LogP contribution in [0.2, 0.25) is 0 Å². The van der Waals surface area contributed by atoms with E-state index in [1.807, 2.05) is 0 Å². The second-order valence-electron chi connectivity index (χ2n) is 7.49. The Morgan fingerprint density at radius 3 is 2.32 bits per heavy atom. The van der Waals surface area contributed by atoms with Gasteiger partial charge in [-0.25, -0.2) is 26.9 Å². The molecule has 0 spiro atoms. The fourth-order valence-corrected chi connectivity index (χ4v) is 2.88. The van der Waals surface area contributed by atoms with Crippen LogP contribution in [0.15, 0.2) is 30.5 Å². The van der Waals surface area contributed by atoms with Crippen LogP contribution in [0, 0.1) is 0 Å². The second kappa shape index (κ2) is 8.38. The Morgan fingerprint density at radius 1 is 1.07 bits per heavy atom. The van der Waals surface area contributed by atoms with E-state index < -0.39 is 35.4 Å². The highest BCUT2D eigenvalue weighted by molar-refractivity contribution is 5.60. The molecule has 2 rings (SSSR count). The predicted molar refractivity (Wildman–Crippen MR) is 95.3 cm³/mol. The highest BCUT2D eigenvalue weighted by atomic mass is 19.3. The second-order valence-corrected chi connectivity index (χ2v) is 7.49. The van der Waals surface area contributed by atoms with Crippen molar-refractivity contribution in [3.8, 4) is 17.0 Å². The molecule has 0 fully saturated rings. The van der Waals surface area contributed by atoms with E-state index in [9.17, 15) is 22.0 Å². The van der Waals surface area contributed by atoms with E-state index >= 15 is 0 Å². The van der Waals surface area contributed by atoms with E-state index in [1.54, 1.807) is 6.92 Å². The van der Waals surface area contributed by atoms with Crippen LogP contribution in [0.25, 0.3) is 11.3 Å². The lowest BCUT2D eigenvalue weighted by Crippen LogP contribution is -2.46. The molecule has 0 amide bonds. The van der Waals surface area contributed by atoms with Crippen LogP contribution in [0.1, 0.15) is 51.4 Å². The summed E-state index contributed by atoms with van der Waals surface area (Å²) in [7, 11) is 0. The van der Waals surface area contributed by atoms with Crippen LogP contribution >= 0.6 is 0 Å². The molecule has 1 atom stereocenters. The van der Waals surface area contributed by atoms with Gasteiger partial charge in [0.2, 0.25) is 0 Å². The average Bonchev–Trinajstić information content (AvgIpc) is 2.58. The van der Waals surface area contributed by atoms with Crippen LogP contribution in [-0.4, -0.2) is 27.8 Å². The van der Waals surface area contributed by atoms with Crippen LogP contribution in [0.5, 0.6) is 5.75 Å². The molecule has 0 bridgehead atoms. The summed E-state index contributed by atoms with van der Waals surface area (Å²) in [6.07, 6.45) is -4.64. The summed E-state index contributed by atoms with van der Waals surface area (Å²) in [5.74, 6) is -0.199. The van der Waals surface area contributed by atoms with E-state index in [2.05, 4.69) is 9.97 Å². The number of ether oxygens (including phenoxy) is 1. The van der Waals surface area contributed by atoms with Gasteiger partial charge in [-0.1, -0.05) is 0 Å². The molecule has 4 nitrogen and oxygen atoms in total. The third kappa shape index (κ3) is 6.12. The zero-order valence-corrected chi connectivity index (χ0v) is 15.7. The first-order valence-electron chi connectivity index (χ1n) is 8.52. The maximum Gasteiger partial charge on any atom is 0.284 e.